The molecule has 72 valence electrons. The minimum absolute atomic E-state index is 0.232. The smallest absolute Gasteiger partial charge is 0.135 e. The molecule has 0 amide bonds. The van der Waals surface area contributed by atoms with Crippen molar-refractivity contribution in [3.8, 4) is 0 Å². The summed E-state index contributed by atoms with van der Waals surface area (Å²) in [4.78, 5) is 4.26. The van der Waals surface area contributed by atoms with E-state index in [0.717, 1.165) is 12.4 Å². The van der Waals surface area contributed by atoms with Crippen molar-refractivity contribution in [1.29, 1.82) is 0 Å². The van der Waals surface area contributed by atoms with Gasteiger partial charge in [0.05, 0.1) is 12.6 Å². The van der Waals surface area contributed by atoms with Crippen LogP contribution in [0.3, 0.4) is 0 Å². The van der Waals surface area contributed by atoms with Gasteiger partial charge in [0.25, 0.3) is 0 Å². The minimum atomic E-state index is 0.232. The number of rotatable bonds is 0. The van der Waals surface area contributed by atoms with Crippen LogP contribution < -0.4 is 0 Å². The van der Waals surface area contributed by atoms with Crippen molar-refractivity contribution in [2.75, 3.05) is 6.61 Å². The fourth-order valence-electron chi connectivity index (χ4n) is 1.75. The molecule has 1 aromatic rings. The van der Waals surface area contributed by atoms with Gasteiger partial charge >= 0.3 is 0 Å². The molecule has 3 nitrogen and oxygen atoms in total. The first-order valence-electron chi connectivity index (χ1n) is 4.68. The van der Waals surface area contributed by atoms with Crippen LogP contribution in [0.1, 0.15) is 32.6 Å². The van der Waals surface area contributed by atoms with Crippen LogP contribution in [0.4, 0.5) is 0 Å². The van der Waals surface area contributed by atoms with E-state index in [1.165, 1.54) is 0 Å². The van der Waals surface area contributed by atoms with E-state index in [1.54, 1.807) is 0 Å². The molecule has 2 heterocycles. The number of fused-ring (bicyclic) bond motifs is 1. The molecule has 0 bridgehead atoms. The number of hydrogen-bond donors (Lipinski definition) is 0. The largest absolute Gasteiger partial charge is 0.371 e. The zero-order valence-corrected chi connectivity index (χ0v) is 8.45. The zero-order valence-electron chi connectivity index (χ0n) is 8.45. The van der Waals surface area contributed by atoms with E-state index in [4.69, 9.17) is 4.74 Å². The molecule has 1 unspecified atom stereocenters. The SMILES string of the molecule is CC(C)(C)C1COCc2nccn21. The summed E-state index contributed by atoms with van der Waals surface area (Å²) in [5, 5.41) is 0. The van der Waals surface area contributed by atoms with E-state index in [1.807, 2.05) is 12.4 Å². The monoisotopic (exact) mass is 180 g/mol. The average molecular weight is 180 g/mol. The molecule has 0 aromatic carbocycles. The Morgan fingerprint density at radius 1 is 1.54 bits per heavy atom. The molecule has 0 N–H and O–H groups in total. The first-order chi connectivity index (χ1) is 6.09. The van der Waals surface area contributed by atoms with Crippen molar-refractivity contribution in [2.45, 2.75) is 33.4 Å². The summed E-state index contributed by atoms with van der Waals surface area (Å²) < 4.78 is 7.75. The van der Waals surface area contributed by atoms with Crippen LogP contribution >= 0.6 is 0 Å². The zero-order chi connectivity index (χ0) is 9.47. The summed E-state index contributed by atoms with van der Waals surface area (Å²) in [5.74, 6) is 1.05. The Hall–Kier alpha value is -0.830. The summed E-state index contributed by atoms with van der Waals surface area (Å²) >= 11 is 0. The van der Waals surface area contributed by atoms with E-state index in [-0.39, 0.29) is 5.41 Å². The Bertz CT molecular complexity index is 298. The number of ether oxygens (including phenoxy) is 1. The Labute approximate surface area is 78.7 Å². The lowest BCUT2D eigenvalue weighted by atomic mass is 9.86. The average Bonchev–Trinajstić information content (AvgIpc) is 2.48. The third kappa shape index (κ3) is 1.48. The maximum absolute atomic E-state index is 5.51. The van der Waals surface area contributed by atoms with E-state index in [0.29, 0.717) is 12.6 Å². The summed E-state index contributed by atoms with van der Waals surface area (Å²) in [6, 6.07) is 0.416. The van der Waals surface area contributed by atoms with Crippen LogP contribution in [0.25, 0.3) is 0 Å². The number of hydrogen-bond acceptors (Lipinski definition) is 2. The topological polar surface area (TPSA) is 27.1 Å². The minimum Gasteiger partial charge on any atom is -0.371 e. The van der Waals surface area contributed by atoms with Crippen molar-refractivity contribution in [3.63, 3.8) is 0 Å². The maximum atomic E-state index is 5.51. The van der Waals surface area contributed by atoms with Crippen molar-refractivity contribution in [3.05, 3.63) is 18.2 Å². The van der Waals surface area contributed by atoms with Gasteiger partial charge in [0.2, 0.25) is 0 Å². The first-order valence-corrected chi connectivity index (χ1v) is 4.68. The molecule has 1 atom stereocenters. The third-order valence-corrected chi connectivity index (χ3v) is 2.59. The molecule has 0 spiro atoms. The number of nitrogens with zero attached hydrogens (tertiary/aromatic N) is 2. The second-order valence-electron chi connectivity index (χ2n) is 4.65. The van der Waals surface area contributed by atoms with Gasteiger partial charge in [-0.15, -0.1) is 0 Å². The van der Waals surface area contributed by atoms with Gasteiger partial charge in [-0.25, -0.2) is 4.98 Å². The highest BCUT2D eigenvalue weighted by molar-refractivity contribution is 4.99. The summed E-state index contributed by atoms with van der Waals surface area (Å²) in [6.07, 6.45) is 3.90. The van der Waals surface area contributed by atoms with E-state index >= 15 is 0 Å². The molecular weight excluding hydrogens is 164 g/mol. The molecule has 3 heteroatoms. The molecule has 0 aliphatic carbocycles. The van der Waals surface area contributed by atoms with Gasteiger partial charge in [-0.2, -0.15) is 0 Å². The highest BCUT2D eigenvalue weighted by atomic mass is 16.5. The Morgan fingerprint density at radius 3 is 3.00 bits per heavy atom. The molecule has 0 radical (unpaired) electrons. The Morgan fingerprint density at radius 2 is 2.31 bits per heavy atom. The molecule has 0 fully saturated rings. The second kappa shape index (κ2) is 2.84. The van der Waals surface area contributed by atoms with Crippen LogP contribution in [0.2, 0.25) is 0 Å². The molecule has 13 heavy (non-hydrogen) atoms. The van der Waals surface area contributed by atoms with Crippen LogP contribution in [0.5, 0.6) is 0 Å². The van der Waals surface area contributed by atoms with E-state index < -0.39 is 0 Å². The third-order valence-electron chi connectivity index (χ3n) is 2.59. The summed E-state index contributed by atoms with van der Waals surface area (Å²) in [6.45, 7) is 8.15. The summed E-state index contributed by atoms with van der Waals surface area (Å²) in [7, 11) is 0. The predicted octanol–water partition coefficient (Wildman–Crippen LogP) is 2.00. The fraction of sp³-hybridized carbons (Fsp3) is 0.700. The van der Waals surface area contributed by atoms with E-state index in [9.17, 15) is 0 Å². The lowest BCUT2D eigenvalue weighted by molar-refractivity contribution is 0.0163. The van der Waals surface area contributed by atoms with Gasteiger partial charge in [-0.3, -0.25) is 0 Å². The molecule has 0 saturated carbocycles. The van der Waals surface area contributed by atoms with Crippen molar-refractivity contribution in [1.82, 2.24) is 9.55 Å². The van der Waals surface area contributed by atoms with E-state index in [2.05, 4.69) is 30.3 Å². The Balaban J connectivity index is 2.35. The summed E-state index contributed by atoms with van der Waals surface area (Å²) in [5.41, 5.74) is 0.232. The molecule has 1 aliphatic heterocycles. The highest BCUT2D eigenvalue weighted by Crippen LogP contribution is 2.33. The molecular formula is C10H16N2O. The van der Waals surface area contributed by atoms with Crippen molar-refractivity contribution in [2.24, 2.45) is 5.41 Å². The molecule has 1 aromatic heterocycles. The molecule has 0 saturated heterocycles. The lowest BCUT2D eigenvalue weighted by Crippen LogP contribution is -2.33. The van der Waals surface area contributed by atoms with Gasteiger partial charge in [0.15, 0.2) is 0 Å². The predicted molar refractivity (Wildman–Crippen MR) is 50.4 cm³/mol. The standard InChI is InChI=1S/C10H16N2O/c1-10(2,3)8-6-13-7-9-11-4-5-12(8)9/h4-5,8H,6-7H2,1-3H3. The van der Waals surface area contributed by atoms with Crippen LogP contribution in [-0.4, -0.2) is 16.2 Å². The quantitative estimate of drug-likeness (QED) is 0.610. The number of imidazole rings is 1. The normalized spacial score (nSPS) is 22.8. The van der Waals surface area contributed by atoms with Gasteiger partial charge < -0.3 is 9.30 Å². The van der Waals surface area contributed by atoms with Gasteiger partial charge in [-0.1, -0.05) is 20.8 Å². The second-order valence-corrected chi connectivity index (χ2v) is 4.65. The van der Waals surface area contributed by atoms with Gasteiger partial charge in [0, 0.05) is 12.4 Å². The fourth-order valence-corrected chi connectivity index (χ4v) is 1.75. The molecule has 1 aliphatic rings. The van der Waals surface area contributed by atoms with Crippen LogP contribution in [0.15, 0.2) is 12.4 Å². The first kappa shape index (κ1) is 8.75. The maximum Gasteiger partial charge on any atom is 0.135 e. The van der Waals surface area contributed by atoms with Crippen LogP contribution in [-0.2, 0) is 11.3 Å². The van der Waals surface area contributed by atoms with Crippen molar-refractivity contribution < 1.29 is 4.74 Å². The Kier molecular flexibility index (Phi) is 1.91. The number of aromatic nitrogens is 2. The van der Waals surface area contributed by atoms with Gasteiger partial charge in [-0.05, 0) is 5.41 Å². The highest BCUT2D eigenvalue weighted by Gasteiger charge is 2.30. The van der Waals surface area contributed by atoms with Crippen LogP contribution in [0, 0.1) is 5.41 Å². The lowest BCUT2D eigenvalue weighted by Gasteiger charge is -2.35. The molecule has 2 rings (SSSR count). The van der Waals surface area contributed by atoms with Gasteiger partial charge in [0.1, 0.15) is 12.4 Å². The van der Waals surface area contributed by atoms with Crippen molar-refractivity contribution >= 4 is 0 Å².